The number of nitrogens with one attached hydrogen (secondary N) is 1. The smallest absolute Gasteiger partial charge is 0.254 e. The standard InChI is InChI=1S/C14H18F2N2O2/c1-14(2)8-20-5-4-18(14)13(19)9-6-10(15)12(17-3)11(16)7-9/h6-7,17H,4-5,8H2,1-3H3. The van der Waals surface area contributed by atoms with Crippen molar-refractivity contribution in [3.8, 4) is 0 Å². The predicted molar refractivity (Wildman–Crippen MR) is 71.8 cm³/mol. The first kappa shape index (κ1) is 14.7. The Bertz CT molecular complexity index is 509. The quantitative estimate of drug-likeness (QED) is 0.905. The molecule has 0 unspecified atom stereocenters. The molecule has 1 aromatic rings. The topological polar surface area (TPSA) is 41.6 Å². The molecule has 1 amide bonds. The van der Waals surface area contributed by atoms with Gasteiger partial charge in [0, 0.05) is 19.2 Å². The minimum Gasteiger partial charge on any atom is -0.383 e. The first-order chi connectivity index (χ1) is 9.36. The lowest BCUT2D eigenvalue weighted by Gasteiger charge is -2.42. The minimum atomic E-state index is -0.776. The maximum absolute atomic E-state index is 13.7. The second-order valence-electron chi connectivity index (χ2n) is 5.39. The highest BCUT2D eigenvalue weighted by Gasteiger charge is 2.35. The van der Waals surface area contributed by atoms with Crippen LogP contribution in [0.15, 0.2) is 12.1 Å². The minimum absolute atomic E-state index is 0.00831. The molecule has 1 aromatic carbocycles. The van der Waals surface area contributed by atoms with Gasteiger partial charge in [0.05, 0.1) is 18.8 Å². The fourth-order valence-electron chi connectivity index (χ4n) is 2.33. The lowest BCUT2D eigenvalue weighted by Crippen LogP contribution is -2.55. The summed E-state index contributed by atoms with van der Waals surface area (Å²) in [4.78, 5) is 14.0. The molecule has 1 saturated heterocycles. The van der Waals surface area contributed by atoms with E-state index in [1.807, 2.05) is 13.8 Å². The van der Waals surface area contributed by atoms with E-state index in [1.54, 1.807) is 4.90 Å². The predicted octanol–water partition coefficient (Wildman–Crippen LogP) is 2.26. The molecular formula is C14H18F2N2O2. The summed E-state index contributed by atoms with van der Waals surface area (Å²) in [6.07, 6.45) is 0. The number of rotatable bonds is 2. The van der Waals surface area contributed by atoms with E-state index in [0.29, 0.717) is 19.8 Å². The number of ether oxygens (including phenoxy) is 1. The van der Waals surface area contributed by atoms with Crippen LogP contribution in [0.3, 0.4) is 0 Å². The number of benzene rings is 1. The summed E-state index contributed by atoms with van der Waals surface area (Å²) in [6.45, 7) is 4.95. The molecule has 0 atom stereocenters. The highest BCUT2D eigenvalue weighted by atomic mass is 19.1. The lowest BCUT2D eigenvalue weighted by molar-refractivity contribution is -0.0371. The number of nitrogens with zero attached hydrogens (tertiary/aromatic N) is 1. The van der Waals surface area contributed by atoms with E-state index in [4.69, 9.17) is 4.74 Å². The molecule has 1 aliphatic rings. The Kier molecular flexibility index (Phi) is 3.94. The van der Waals surface area contributed by atoms with Gasteiger partial charge in [-0.05, 0) is 26.0 Å². The number of carbonyl (C=O) groups excluding carboxylic acids is 1. The number of hydrogen-bond acceptors (Lipinski definition) is 3. The molecule has 1 fully saturated rings. The van der Waals surface area contributed by atoms with Gasteiger partial charge in [-0.25, -0.2) is 8.78 Å². The zero-order chi connectivity index (χ0) is 14.9. The van der Waals surface area contributed by atoms with E-state index in [1.165, 1.54) is 7.05 Å². The van der Waals surface area contributed by atoms with Crippen molar-refractivity contribution in [1.82, 2.24) is 4.90 Å². The second-order valence-corrected chi connectivity index (χ2v) is 5.39. The molecule has 0 aromatic heterocycles. The van der Waals surface area contributed by atoms with Gasteiger partial charge in [-0.3, -0.25) is 4.79 Å². The van der Waals surface area contributed by atoms with Gasteiger partial charge >= 0.3 is 0 Å². The van der Waals surface area contributed by atoms with E-state index in [2.05, 4.69) is 5.32 Å². The Morgan fingerprint density at radius 1 is 1.35 bits per heavy atom. The number of halogens is 2. The Morgan fingerprint density at radius 2 is 1.95 bits per heavy atom. The molecule has 0 spiro atoms. The Morgan fingerprint density at radius 3 is 2.45 bits per heavy atom. The zero-order valence-electron chi connectivity index (χ0n) is 11.8. The number of carbonyl (C=O) groups is 1. The van der Waals surface area contributed by atoms with Crippen LogP contribution in [0.25, 0.3) is 0 Å². The molecule has 20 heavy (non-hydrogen) atoms. The Labute approximate surface area is 116 Å². The van der Waals surface area contributed by atoms with Crippen LogP contribution in [0.1, 0.15) is 24.2 Å². The van der Waals surface area contributed by atoms with Crippen molar-refractivity contribution in [3.63, 3.8) is 0 Å². The van der Waals surface area contributed by atoms with Crippen LogP contribution in [-0.4, -0.2) is 43.2 Å². The molecule has 0 saturated carbocycles. The summed E-state index contributed by atoms with van der Waals surface area (Å²) < 4.78 is 32.8. The van der Waals surface area contributed by atoms with E-state index >= 15 is 0 Å². The third kappa shape index (κ3) is 2.60. The van der Waals surface area contributed by atoms with E-state index in [0.717, 1.165) is 12.1 Å². The van der Waals surface area contributed by atoms with Crippen LogP contribution in [0.5, 0.6) is 0 Å². The molecule has 1 heterocycles. The van der Waals surface area contributed by atoms with Gasteiger partial charge in [-0.1, -0.05) is 0 Å². The van der Waals surface area contributed by atoms with E-state index in [-0.39, 0.29) is 11.3 Å². The SMILES string of the molecule is CNc1c(F)cc(C(=O)N2CCOCC2(C)C)cc1F. The van der Waals surface area contributed by atoms with Gasteiger partial charge in [0.2, 0.25) is 0 Å². The maximum Gasteiger partial charge on any atom is 0.254 e. The third-order valence-electron chi connectivity index (χ3n) is 3.43. The van der Waals surface area contributed by atoms with Crippen molar-refractivity contribution < 1.29 is 18.3 Å². The van der Waals surface area contributed by atoms with Crippen molar-refractivity contribution in [3.05, 3.63) is 29.3 Å². The van der Waals surface area contributed by atoms with Crippen LogP contribution in [0.4, 0.5) is 14.5 Å². The van der Waals surface area contributed by atoms with Gasteiger partial charge < -0.3 is 15.0 Å². The van der Waals surface area contributed by atoms with Crippen molar-refractivity contribution in [1.29, 1.82) is 0 Å². The fourth-order valence-corrected chi connectivity index (χ4v) is 2.33. The van der Waals surface area contributed by atoms with Crippen molar-refractivity contribution in [2.24, 2.45) is 0 Å². The molecule has 0 bridgehead atoms. The van der Waals surface area contributed by atoms with Gasteiger partial charge in [-0.2, -0.15) is 0 Å². The summed E-state index contributed by atoms with van der Waals surface area (Å²) in [7, 11) is 1.42. The Hall–Kier alpha value is -1.69. The monoisotopic (exact) mass is 284 g/mol. The number of anilines is 1. The number of hydrogen-bond donors (Lipinski definition) is 1. The fraction of sp³-hybridized carbons (Fsp3) is 0.500. The molecule has 0 radical (unpaired) electrons. The lowest BCUT2D eigenvalue weighted by atomic mass is 10.0. The average Bonchev–Trinajstić information content (AvgIpc) is 2.37. The van der Waals surface area contributed by atoms with E-state index < -0.39 is 23.1 Å². The molecule has 2 rings (SSSR count). The molecule has 1 N–H and O–H groups in total. The third-order valence-corrected chi connectivity index (χ3v) is 3.43. The van der Waals surface area contributed by atoms with Crippen molar-refractivity contribution in [2.75, 3.05) is 32.1 Å². The number of morpholine rings is 1. The normalized spacial score (nSPS) is 17.9. The zero-order valence-corrected chi connectivity index (χ0v) is 11.8. The maximum atomic E-state index is 13.7. The van der Waals surface area contributed by atoms with Crippen molar-refractivity contribution >= 4 is 11.6 Å². The average molecular weight is 284 g/mol. The highest BCUT2D eigenvalue weighted by molar-refractivity contribution is 5.95. The highest BCUT2D eigenvalue weighted by Crippen LogP contribution is 2.25. The molecule has 4 nitrogen and oxygen atoms in total. The molecule has 6 heteroatoms. The molecular weight excluding hydrogens is 266 g/mol. The van der Waals surface area contributed by atoms with Crippen LogP contribution in [0, 0.1) is 11.6 Å². The summed E-state index contributed by atoms with van der Waals surface area (Å²) in [6, 6.07) is 2.12. The van der Waals surface area contributed by atoms with Crippen molar-refractivity contribution in [2.45, 2.75) is 19.4 Å². The van der Waals surface area contributed by atoms with Gasteiger partial charge in [-0.15, -0.1) is 0 Å². The first-order valence-corrected chi connectivity index (χ1v) is 6.43. The van der Waals surface area contributed by atoms with E-state index in [9.17, 15) is 13.6 Å². The Balaban J connectivity index is 2.34. The summed E-state index contributed by atoms with van der Waals surface area (Å²) in [5.74, 6) is -1.94. The van der Waals surface area contributed by atoms with Crippen LogP contribution < -0.4 is 5.32 Å². The largest absolute Gasteiger partial charge is 0.383 e. The van der Waals surface area contributed by atoms with Crippen LogP contribution >= 0.6 is 0 Å². The van der Waals surface area contributed by atoms with Crippen LogP contribution in [-0.2, 0) is 4.74 Å². The molecule has 110 valence electrons. The van der Waals surface area contributed by atoms with Gasteiger partial charge in [0.15, 0.2) is 0 Å². The summed E-state index contributed by atoms with van der Waals surface area (Å²) >= 11 is 0. The van der Waals surface area contributed by atoms with Crippen LogP contribution in [0.2, 0.25) is 0 Å². The summed E-state index contributed by atoms with van der Waals surface area (Å²) in [5, 5.41) is 2.43. The first-order valence-electron chi connectivity index (χ1n) is 6.43. The summed E-state index contributed by atoms with van der Waals surface area (Å²) in [5.41, 5.74) is -0.721. The van der Waals surface area contributed by atoms with Gasteiger partial charge in [0.25, 0.3) is 5.91 Å². The molecule has 1 aliphatic heterocycles. The number of amides is 1. The molecule has 0 aliphatic carbocycles. The van der Waals surface area contributed by atoms with Gasteiger partial charge in [0.1, 0.15) is 17.3 Å². The second kappa shape index (κ2) is 5.36.